The molecule has 0 aliphatic carbocycles. The van der Waals surface area contributed by atoms with Crippen molar-refractivity contribution < 1.29 is 13.6 Å². The van der Waals surface area contributed by atoms with Gasteiger partial charge in [0.05, 0.1) is 17.6 Å². The number of benzene rings is 2. The molecule has 1 atom stereocenters. The van der Waals surface area contributed by atoms with Crippen LogP contribution >= 0.6 is 0 Å². The van der Waals surface area contributed by atoms with Gasteiger partial charge in [-0.25, -0.2) is 9.98 Å². The maximum Gasteiger partial charge on any atom is 0.317 e. The van der Waals surface area contributed by atoms with Crippen molar-refractivity contribution >= 4 is 23.3 Å². The number of oxazole rings is 1. The van der Waals surface area contributed by atoms with E-state index in [4.69, 9.17) is 8.83 Å². The van der Waals surface area contributed by atoms with Gasteiger partial charge in [-0.3, -0.25) is 4.79 Å². The molecule has 0 fully saturated rings. The molecule has 9 nitrogen and oxygen atoms in total. The first-order chi connectivity index (χ1) is 14.3. The highest BCUT2D eigenvalue weighted by Gasteiger charge is 2.27. The van der Waals surface area contributed by atoms with Crippen molar-refractivity contribution in [2.75, 3.05) is 10.6 Å². The molecule has 0 radical (unpaired) electrons. The molecule has 0 bridgehead atoms. The van der Waals surface area contributed by atoms with Gasteiger partial charge in [0, 0.05) is 11.1 Å². The predicted octanol–water partition coefficient (Wildman–Crippen LogP) is 2.95. The van der Waals surface area contributed by atoms with Crippen LogP contribution in [0.4, 0.5) is 11.7 Å². The molecule has 2 aromatic heterocycles. The third-order valence-electron chi connectivity index (χ3n) is 4.32. The third-order valence-corrected chi connectivity index (χ3v) is 4.32. The van der Waals surface area contributed by atoms with E-state index >= 15 is 0 Å². The minimum Gasteiger partial charge on any atom is -0.438 e. The number of carbonyl (C=O) groups is 1. The lowest BCUT2D eigenvalue weighted by Crippen LogP contribution is -2.32. The molecule has 4 aromatic rings. The minimum absolute atomic E-state index is 0.0404. The van der Waals surface area contributed by atoms with Crippen LogP contribution in [0.15, 0.2) is 81.0 Å². The number of hydrogen-bond donors (Lipinski definition) is 2. The fourth-order valence-electron chi connectivity index (χ4n) is 3.00. The summed E-state index contributed by atoms with van der Waals surface area (Å²) < 4.78 is 10.7. The van der Waals surface area contributed by atoms with E-state index in [2.05, 4.69) is 30.8 Å². The number of amides is 1. The van der Waals surface area contributed by atoms with E-state index in [0.29, 0.717) is 17.2 Å². The van der Waals surface area contributed by atoms with Gasteiger partial charge in [0.25, 0.3) is 11.8 Å². The first-order valence-corrected chi connectivity index (χ1v) is 8.80. The van der Waals surface area contributed by atoms with Crippen LogP contribution in [0, 0.1) is 0 Å². The monoisotopic (exact) mass is 386 g/mol. The van der Waals surface area contributed by atoms with Crippen LogP contribution in [-0.4, -0.2) is 33.0 Å². The van der Waals surface area contributed by atoms with E-state index in [1.54, 1.807) is 0 Å². The number of aliphatic imine (C=N–C) groups is 1. The summed E-state index contributed by atoms with van der Waals surface area (Å²) in [5.41, 5.74) is 3.06. The smallest absolute Gasteiger partial charge is 0.317 e. The van der Waals surface area contributed by atoms with Crippen molar-refractivity contribution in [1.29, 1.82) is 0 Å². The summed E-state index contributed by atoms with van der Waals surface area (Å²) in [6.45, 7) is 0. The fraction of sp³-hybridized carbons (Fsp3) is 0.0500. The summed E-state index contributed by atoms with van der Waals surface area (Å²) in [5.74, 6) is 0.133. The zero-order chi connectivity index (χ0) is 19.6. The van der Waals surface area contributed by atoms with Gasteiger partial charge in [-0.2, -0.15) is 0 Å². The molecule has 142 valence electrons. The zero-order valence-electron chi connectivity index (χ0n) is 14.9. The standard InChI is InChI=1S/C20H14N6O3/c27-18-17(24-20-26-25-19(29-20)15-10-21-11-28-15)23-16(12-6-2-1-3-7-12)13-8-4-5-9-14(13)22-18/h1-11,17H,(H,22,27)(H,24,26). The van der Waals surface area contributed by atoms with Gasteiger partial charge in [0.2, 0.25) is 11.9 Å². The number of rotatable bonds is 4. The lowest BCUT2D eigenvalue weighted by atomic mass is 10.0. The summed E-state index contributed by atoms with van der Waals surface area (Å²) >= 11 is 0. The average molecular weight is 386 g/mol. The Balaban J connectivity index is 1.52. The second-order valence-electron chi connectivity index (χ2n) is 6.20. The van der Waals surface area contributed by atoms with E-state index < -0.39 is 6.17 Å². The number of aromatic nitrogens is 3. The Hall–Kier alpha value is -4.27. The van der Waals surface area contributed by atoms with Gasteiger partial charge >= 0.3 is 6.01 Å². The van der Waals surface area contributed by atoms with Crippen LogP contribution in [-0.2, 0) is 4.79 Å². The predicted molar refractivity (Wildman–Crippen MR) is 104 cm³/mol. The van der Waals surface area contributed by atoms with Crippen molar-refractivity contribution in [2.24, 2.45) is 4.99 Å². The van der Waals surface area contributed by atoms with E-state index in [1.807, 2.05) is 54.6 Å². The highest BCUT2D eigenvalue weighted by atomic mass is 16.4. The first kappa shape index (κ1) is 16.9. The molecular formula is C20H14N6O3. The third kappa shape index (κ3) is 3.25. The SMILES string of the molecule is O=C1Nc2ccccc2C(c2ccccc2)=NC1Nc1nnc(-c2cnco2)o1. The average Bonchev–Trinajstić information content (AvgIpc) is 3.42. The molecular weight excluding hydrogens is 372 g/mol. The Morgan fingerprint density at radius 3 is 2.66 bits per heavy atom. The largest absolute Gasteiger partial charge is 0.438 e. The number of nitrogens with one attached hydrogen (secondary N) is 2. The van der Waals surface area contributed by atoms with Crippen molar-refractivity contribution in [3.63, 3.8) is 0 Å². The van der Waals surface area contributed by atoms with Crippen molar-refractivity contribution in [3.8, 4) is 11.7 Å². The summed E-state index contributed by atoms with van der Waals surface area (Å²) in [7, 11) is 0. The summed E-state index contributed by atoms with van der Waals surface area (Å²) in [6, 6.07) is 17.2. The van der Waals surface area contributed by atoms with E-state index in [-0.39, 0.29) is 17.8 Å². The maximum absolute atomic E-state index is 12.8. The van der Waals surface area contributed by atoms with Crippen LogP contribution in [0.3, 0.4) is 0 Å². The number of fused-ring (bicyclic) bond motifs is 1. The molecule has 3 heterocycles. The number of para-hydroxylation sites is 1. The number of benzodiazepines with no additional fused rings is 1. The molecule has 1 aliphatic heterocycles. The van der Waals surface area contributed by atoms with Crippen LogP contribution in [0.1, 0.15) is 11.1 Å². The quantitative estimate of drug-likeness (QED) is 0.553. The fourth-order valence-corrected chi connectivity index (χ4v) is 3.00. The minimum atomic E-state index is -0.972. The Kier molecular flexibility index (Phi) is 4.10. The molecule has 2 N–H and O–H groups in total. The summed E-state index contributed by atoms with van der Waals surface area (Å²) in [5, 5.41) is 13.6. The molecule has 1 unspecified atom stereocenters. The molecule has 5 rings (SSSR count). The first-order valence-electron chi connectivity index (χ1n) is 8.80. The Morgan fingerprint density at radius 2 is 1.83 bits per heavy atom. The molecule has 1 amide bonds. The molecule has 0 spiro atoms. The lowest BCUT2D eigenvalue weighted by Gasteiger charge is -2.11. The maximum atomic E-state index is 12.8. The van der Waals surface area contributed by atoms with Crippen LogP contribution in [0.5, 0.6) is 0 Å². The Labute approximate surface area is 164 Å². The second kappa shape index (κ2) is 7.04. The highest BCUT2D eigenvalue weighted by molar-refractivity contribution is 6.19. The topological polar surface area (TPSA) is 118 Å². The van der Waals surface area contributed by atoms with Crippen molar-refractivity contribution in [1.82, 2.24) is 15.2 Å². The summed E-state index contributed by atoms with van der Waals surface area (Å²) in [6.07, 6.45) is 1.75. The van der Waals surface area contributed by atoms with Gasteiger partial charge in [0.1, 0.15) is 0 Å². The van der Waals surface area contributed by atoms with Crippen LogP contribution < -0.4 is 10.6 Å². The van der Waals surface area contributed by atoms with Gasteiger partial charge in [-0.15, -0.1) is 5.10 Å². The number of nitrogens with zero attached hydrogens (tertiary/aromatic N) is 4. The number of hydrogen-bond acceptors (Lipinski definition) is 8. The normalized spacial score (nSPS) is 15.8. The van der Waals surface area contributed by atoms with E-state index in [1.165, 1.54) is 12.6 Å². The number of carbonyl (C=O) groups excluding carboxylic acids is 1. The zero-order valence-corrected chi connectivity index (χ0v) is 14.9. The molecule has 9 heteroatoms. The molecule has 1 aliphatic rings. The van der Waals surface area contributed by atoms with E-state index in [0.717, 1.165) is 11.1 Å². The van der Waals surface area contributed by atoms with Gasteiger partial charge in [-0.1, -0.05) is 53.6 Å². The van der Waals surface area contributed by atoms with Crippen LogP contribution in [0.2, 0.25) is 0 Å². The van der Waals surface area contributed by atoms with E-state index in [9.17, 15) is 4.79 Å². The summed E-state index contributed by atoms with van der Waals surface area (Å²) in [4.78, 5) is 21.3. The molecule has 29 heavy (non-hydrogen) atoms. The van der Waals surface area contributed by atoms with Gasteiger partial charge in [-0.05, 0) is 6.07 Å². The number of anilines is 2. The lowest BCUT2D eigenvalue weighted by molar-refractivity contribution is -0.116. The van der Waals surface area contributed by atoms with Crippen molar-refractivity contribution in [3.05, 3.63) is 78.3 Å². The molecule has 0 saturated carbocycles. The second-order valence-corrected chi connectivity index (χ2v) is 6.20. The van der Waals surface area contributed by atoms with Gasteiger partial charge < -0.3 is 19.5 Å². The molecule has 2 aromatic carbocycles. The Morgan fingerprint density at radius 1 is 1.00 bits per heavy atom. The highest BCUT2D eigenvalue weighted by Crippen LogP contribution is 2.25. The Bertz CT molecular complexity index is 1180. The van der Waals surface area contributed by atoms with Crippen LogP contribution in [0.25, 0.3) is 11.7 Å². The molecule has 0 saturated heterocycles. The van der Waals surface area contributed by atoms with Gasteiger partial charge in [0.15, 0.2) is 6.39 Å². The van der Waals surface area contributed by atoms with Crippen molar-refractivity contribution in [2.45, 2.75) is 6.17 Å².